The smallest absolute Gasteiger partial charge is 0.136 e. The van der Waals surface area contributed by atoms with Gasteiger partial charge in [-0.2, -0.15) is 0 Å². The number of anilines is 2. The monoisotopic (exact) mass is 371 g/mol. The molecule has 1 aliphatic rings. The maximum atomic E-state index is 8.74. The first kappa shape index (κ1) is 20.6. The molecule has 1 aliphatic heterocycles. The van der Waals surface area contributed by atoms with Crippen LogP contribution in [0.15, 0.2) is 34.7 Å². The van der Waals surface area contributed by atoms with Gasteiger partial charge in [0.25, 0.3) is 0 Å². The molecule has 1 aromatic heterocycles. The third kappa shape index (κ3) is 5.40. The first-order valence-electron chi connectivity index (χ1n) is 9.21. The van der Waals surface area contributed by atoms with Gasteiger partial charge < -0.3 is 24.8 Å². The summed E-state index contributed by atoms with van der Waals surface area (Å²) in [5, 5.41) is 15.3. The van der Waals surface area contributed by atoms with E-state index in [0.29, 0.717) is 0 Å². The molecule has 2 N–H and O–H groups in total. The average Bonchev–Trinajstić information content (AvgIpc) is 3.34. The summed E-state index contributed by atoms with van der Waals surface area (Å²) >= 11 is 0. The summed E-state index contributed by atoms with van der Waals surface area (Å²) in [6.07, 6.45) is 8.05. The van der Waals surface area contributed by atoms with Crippen molar-refractivity contribution in [1.29, 1.82) is 0 Å². The molecule has 1 unspecified atom stereocenters. The maximum Gasteiger partial charge on any atom is 0.136 e. The molecule has 2 heterocycles. The minimum Gasteiger partial charge on any atom is -0.411 e. The van der Waals surface area contributed by atoms with Gasteiger partial charge in [-0.25, -0.2) is 4.98 Å². The Kier molecular flexibility index (Phi) is 8.00. The number of imidazole rings is 1. The molecule has 0 aliphatic carbocycles. The summed E-state index contributed by atoms with van der Waals surface area (Å²) in [5.74, 6) is 0.961. The standard InChI is InChI=1S/C17H22N4O2.C3H7N/c1-3-12-9-14(7-6-13(12)10-19-22)20-17-16(18-11-21(17)2)15-5-4-8-23-15;1-3-4-2/h6-7,9-11,15,20,22H,3-5,8H2,1-2H3;3H,1-2H3/b19-10-;. The van der Waals surface area contributed by atoms with Crippen LogP contribution in [0.4, 0.5) is 11.5 Å². The number of nitrogens with zero attached hydrogens (tertiary/aromatic N) is 4. The molecule has 0 radical (unpaired) electrons. The molecule has 7 nitrogen and oxygen atoms in total. The molecule has 1 atom stereocenters. The quantitative estimate of drug-likeness (QED) is 0.471. The van der Waals surface area contributed by atoms with E-state index in [-0.39, 0.29) is 6.10 Å². The van der Waals surface area contributed by atoms with Crippen LogP contribution in [-0.2, 0) is 18.2 Å². The van der Waals surface area contributed by atoms with Gasteiger partial charge in [0, 0.05) is 26.4 Å². The van der Waals surface area contributed by atoms with Crippen LogP contribution in [0, 0.1) is 0 Å². The molecule has 1 saturated heterocycles. The fourth-order valence-electron chi connectivity index (χ4n) is 2.94. The zero-order valence-electron chi connectivity index (χ0n) is 16.5. The van der Waals surface area contributed by atoms with Gasteiger partial charge >= 0.3 is 0 Å². The second-order valence-electron chi connectivity index (χ2n) is 6.24. The third-order valence-electron chi connectivity index (χ3n) is 4.44. The number of hydrogen-bond acceptors (Lipinski definition) is 6. The summed E-state index contributed by atoms with van der Waals surface area (Å²) in [7, 11) is 3.72. The van der Waals surface area contributed by atoms with Crippen LogP contribution in [0.1, 0.15) is 49.6 Å². The molecular weight excluding hydrogens is 342 g/mol. The van der Waals surface area contributed by atoms with Gasteiger partial charge in [-0.1, -0.05) is 18.1 Å². The highest BCUT2D eigenvalue weighted by molar-refractivity contribution is 5.82. The van der Waals surface area contributed by atoms with Gasteiger partial charge in [-0.15, -0.1) is 0 Å². The number of rotatable bonds is 5. The molecule has 2 aromatic rings. The predicted octanol–water partition coefficient (Wildman–Crippen LogP) is 4.09. The lowest BCUT2D eigenvalue weighted by molar-refractivity contribution is 0.109. The van der Waals surface area contributed by atoms with Crippen LogP contribution in [0.5, 0.6) is 0 Å². The van der Waals surface area contributed by atoms with Gasteiger partial charge in [0.1, 0.15) is 17.6 Å². The highest BCUT2D eigenvalue weighted by atomic mass is 16.5. The number of aryl methyl sites for hydroxylation is 2. The van der Waals surface area contributed by atoms with Gasteiger partial charge in [-0.05, 0) is 55.7 Å². The Morgan fingerprint density at radius 1 is 1.44 bits per heavy atom. The van der Waals surface area contributed by atoms with E-state index >= 15 is 0 Å². The normalized spacial score (nSPS) is 16.7. The summed E-state index contributed by atoms with van der Waals surface area (Å²) in [6, 6.07) is 5.99. The van der Waals surface area contributed by atoms with Crippen LogP contribution in [-0.4, -0.2) is 40.8 Å². The van der Waals surface area contributed by atoms with Crippen molar-refractivity contribution in [3.05, 3.63) is 41.3 Å². The Morgan fingerprint density at radius 3 is 2.81 bits per heavy atom. The van der Waals surface area contributed by atoms with Crippen LogP contribution in [0.25, 0.3) is 0 Å². The highest BCUT2D eigenvalue weighted by Gasteiger charge is 2.24. The van der Waals surface area contributed by atoms with E-state index < -0.39 is 0 Å². The van der Waals surface area contributed by atoms with E-state index in [9.17, 15) is 0 Å². The molecular formula is C20H29N5O2. The molecule has 3 rings (SSSR count). The van der Waals surface area contributed by atoms with Gasteiger partial charge in [0.15, 0.2) is 0 Å². The molecule has 0 spiro atoms. The average molecular weight is 371 g/mol. The molecule has 27 heavy (non-hydrogen) atoms. The van der Waals surface area contributed by atoms with E-state index in [4.69, 9.17) is 9.94 Å². The Balaban J connectivity index is 0.000000596. The lowest BCUT2D eigenvalue weighted by atomic mass is 10.0. The Morgan fingerprint density at radius 2 is 2.22 bits per heavy atom. The van der Waals surface area contributed by atoms with Gasteiger partial charge in [-0.3, -0.25) is 0 Å². The van der Waals surface area contributed by atoms with Crippen molar-refractivity contribution in [3.63, 3.8) is 0 Å². The Bertz CT molecular complexity index is 773. The van der Waals surface area contributed by atoms with Crippen molar-refractivity contribution >= 4 is 23.9 Å². The van der Waals surface area contributed by atoms with E-state index in [0.717, 1.165) is 54.2 Å². The lowest BCUT2D eigenvalue weighted by Crippen LogP contribution is -2.05. The fraction of sp³-hybridized carbons (Fsp3) is 0.450. The number of aromatic nitrogens is 2. The fourth-order valence-corrected chi connectivity index (χ4v) is 2.94. The summed E-state index contributed by atoms with van der Waals surface area (Å²) < 4.78 is 7.74. The van der Waals surface area contributed by atoms with Crippen molar-refractivity contribution < 1.29 is 9.94 Å². The van der Waals surface area contributed by atoms with E-state index in [1.807, 2.05) is 37.0 Å². The predicted molar refractivity (Wildman–Crippen MR) is 110 cm³/mol. The topological polar surface area (TPSA) is 84.0 Å². The van der Waals surface area contributed by atoms with Crippen LogP contribution < -0.4 is 5.32 Å². The van der Waals surface area contributed by atoms with Crippen molar-refractivity contribution in [2.75, 3.05) is 19.0 Å². The van der Waals surface area contributed by atoms with Crippen molar-refractivity contribution in [1.82, 2.24) is 9.55 Å². The molecule has 1 fully saturated rings. The highest BCUT2D eigenvalue weighted by Crippen LogP contribution is 2.33. The maximum absolute atomic E-state index is 8.74. The van der Waals surface area contributed by atoms with Crippen LogP contribution in [0.2, 0.25) is 0 Å². The molecule has 0 amide bonds. The van der Waals surface area contributed by atoms with Crippen LogP contribution in [0.3, 0.4) is 0 Å². The summed E-state index contributed by atoms with van der Waals surface area (Å²) in [6.45, 7) is 4.77. The van der Waals surface area contributed by atoms with E-state index in [1.165, 1.54) is 6.21 Å². The molecule has 7 heteroatoms. The number of benzene rings is 1. The van der Waals surface area contributed by atoms with Crippen molar-refractivity contribution in [3.8, 4) is 0 Å². The lowest BCUT2D eigenvalue weighted by Gasteiger charge is -2.14. The molecule has 0 saturated carbocycles. The molecule has 1 aromatic carbocycles. The minimum atomic E-state index is 0.0742. The summed E-state index contributed by atoms with van der Waals surface area (Å²) in [4.78, 5) is 8.12. The summed E-state index contributed by atoms with van der Waals surface area (Å²) in [5.41, 5.74) is 3.99. The minimum absolute atomic E-state index is 0.0742. The van der Waals surface area contributed by atoms with Gasteiger partial charge in [0.05, 0.1) is 12.5 Å². The van der Waals surface area contributed by atoms with Crippen molar-refractivity contribution in [2.24, 2.45) is 17.2 Å². The second kappa shape index (κ2) is 10.5. The SMILES string of the molecule is CC=NC.CCc1cc(Nc2c(C3CCCO3)ncn2C)ccc1/C=N\O. The number of hydrogen-bond donors (Lipinski definition) is 2. The van der Waals surface area contributed by atoms with Gasteiger partial charge in [0.2, 0.25) is 0 Å². The zero-order chi connectivity index (χ0) is 19.6. The first-order valence-corrected chi connectivity index (χ1v) is 9.21. The van der Waals surface area contributed by atoms with E-state index in [2.05, 4.69) is 33.4 Å². The number of aliphatic imine (C=N–C) groups is 1. The number of nitrogens with one attached hydrogen (secondary N) is 1. The first-order chi connectivity index (χ1) is 13.1. The van der Waals surface area contributed by atoms with E-state index in [1.54, 1.807) is 13.3 Å². The third-order valence-corrected chi connectivity index (χ3v) is 4.44. The number of oxime groups is 1. The zero-order valence-corrected chi connectivity index (χ0v) is 16.5. The van der Waals surface area contributed by atoms with Crippen molar-refractivity contribution in [2.45, 2.75) is 39.2 Å². The molecule has 0 bridgehead atoms. The Labute approximate surface area is 160 Å². The second-order valence-corrected chi connectivity index (χ2v) is 6.24. The Hall–Kier alpha value is -2.67. The van der Waals surface area contributed by atoms with Crippen LogP contribution >= 0.6 is 0 Å². The molecule has 146 valence electrons. The largest absolute Gasteiger partial charge is 0.411 e. The number of ether oxygens (including phenoxy) is 1.